The first-order valence-corrected chi connectivity index (χ1v) is 12.5. The smallest absolute Gasteiger partial charge is 0.416 e. The van der Waals surface area contributed by atoms with Gasteiger partial charge in [0.1, 0.15) is 6.17 Å². The topological polar surface area (TPSA) is 64.8 Å². The van der Waals surface area contributed by atoms with Gasteiger partial charge in [0.2, 0.25) is 0 Å². The van der Waals surface area contributed by atoms with Crippen molar-refractivity contribution in [3.8, 4) is 0 Å². The predicted octanol–water partition coefficient (Wildman–Crippen LogP) is 4.16. The lowest BCUT2D eigenvalue weighted by molar-refractivity contribution is -0.137. The highest BCUT2D eigenvalue weighted by molar-refractivity contribution is 5.85. The summed E-state index contributed by atoms with van der Waals surface area (Å²) in [5, 5.41) is 15.3. The number of nitrogens with zero attached hydrogens (tertiary/aromatic N) is 5. The Bertz CT molecular complexity index is 1090. The van der Waals surface area contributed by atoms with Crippen LogP contribution in [-0.2, 0) is 12.7 Å². The van der Waals surface area contributed by atoms with E-state index >= 15 is 0 Å². The fourth-order valence-electron chi connectivity index (χ4n) is 5.76. The molecule has 5 rings (SSSR count). The number of anilines is 1. The number of hydrogen-bond acceptors (Lipinski definition) is 5. The quantitative estimate of drug-likeness (QED) is 0.611. The first-order chi connectivity index (χ1) is 17.1. The number of aromatic nitrogens is 2. The fraction of sp³-hybridized carbons (Fsp3) is 0.600. The molecular formula is C25H31F4N5O2. The van der Waals surface area contributed by atoms with E-state index in [2.05, 4.69) is 15.0 Å². The van der Waals surface area contributed by atoms with Gasteiger partial charge in [-0.1, -0.05) is 6.07 Å². The van der Waals surface area contributed by atoms with Crippen LogP contribution in [0, 0.1) is 5.41 Å². The molecular weight excluding hydrogens is 478 g/mol. The van der Waals surface area contributed by atoms with Gasteiger partial charge in [-0.05, 0) is 74.4 Å². The molecule has 3 saturated heterocycles. The molecule has 0 bridgehead atoms. The monoisotopic (exact) mass is 509 g/mol. The van der Waals surface area contributed by atoms with Crippen LogP contribution in [-0.4, -0.2) is 71.3 Å². The predicted molar refractivity (Wildman–Crippen MR) is 126 cm³/mol. The summed E-state index contributed by atoms with van der Waals surface area (Å²) in [5.41, 5.74) is 0.891. The average Bonchev–Trinajstić information content (AvgIpc) is 3.49. The number of carboxylic acid groups (broad SMARTS) is 1. The number of rotatable bonds is 5. The molecule has 0 atom stereocenters. The molecule has 0 saturated carbocycles. The van der Waals surface area contributed by atoms with E-state index in [4.69, 9.17) is 5.11 Å². The maximum atomic E-state index is 13.7. The van der Waals surface area contributed by atoms with Crippen molar-refractivity contribution in [3.63, 3.8) is 0 Å². The molecule has 3 aliphatic heterocycles. The van der Waals surface area contributed by atoms with Gasteiger partial charge in [0.25, 0.3) is 0 Å². The zero-order chi connectivity index (χ0) is 25.5. The maximum absolute atomic E-state index is 13.7. The summed E-state index contributed by atoms with van der Waals surface area (Å²) in [5.74, 6) is -1.05. The molecule has 7 nitrogen and oxygen atoms in total. The van der Waals surface area contributed by atoms with Crippen LogP contribution in [0.4, 0.5) is 23.2 Å². The van der Waals surface area contributed by atoms with Crippen molar-refractivity contribution in [2.75, 3.05) is 49.2 Å². The number of piperidine rings is 2. The number of likely N-dealkylation sites (tertiary alicyclic amines) is 1. The highest BCUT2D eigenvalue weighted by Crippen LogP contribution is 2.41. The summed E-state index contributed by atoms with van der Waals surface area (Å²) in [6.07, 6.45) is -0.0538. The Morgan fingerprint density at radius 2 is 1.75 bits per heavy atom. The van der Waals surface area contributed by atoms with Crippen LogP contribution in [0.3, 0.4) is 0 Å². The van der Waals surface area contributed by atoms with E-state index in [9.17, 15) is 22.4 Å². The number of carboxylic acids is 1. The molecule has 36 heavy (non-hydrogen) atoms. The number of alkyl halides is 4. The molecule has 0 amide bonds. The summed E-state index contributed by atoms with van der Waals surface area (Å²) in [6, 6.07) is 5.45. The van der Waals surface area contributed by atoms with Crippen molar-refractivity contribution >= 4 is 11.7 Å². The van der Waals surface area contributed by atoms with Crippen LogP contribution in [0.2, 0.25) is 0 Å². The van der Waals surface area contributed by atoms with Crippen LogP contribution < -0.4 is 9.91 Å². The van der Waals surface area contributed by atoms with E-state index in [1.54, 1.807) is 17.1 Å². The second-order valence-corrected chi connectivity index (χ2v) is 10.3. The lowest BCUT2D eigenvalue weighted by Gasteiger charge is -2.40. The van der Waals surface area contributed by atoms with Gasteiger partial charge < -0.3 is 10.0 Å². The SMILES string of the molecule is O=C(O)c1ccn(N2CCC3(CCN(Cc4ccc(C(F)(F)F)cc4N4CCC(F)CC4)CC3)C2)n1. The minimum Gasteiger partial charge on any atom is -0.476 e. The third-order valence-electron chi connectivity index (χ3n) is 7.99. The molecule has 1 aromatic carbocycles. The molecule has 3 fully saturated rings. The Morgan fingerprint density at radius 1 is 1.06 bits per heavy atom. The third kappa shape index (κ3) is 5.16. The van der Waals surface area contributed by atoms with Crippen LogP contribution in [0.15, 0.2) is 30.5 Å². The molecule has 0 aliphatic carbocycles. The zero-order valence-corrected chi connectivity index (χ0v) is 20.1. The standard InChI is InChI=1S/C25H31F4N5O2/c26-20-3-9-32(10-4-20)22-15-19(25(27,28)29)2-1-18(22)16-31-12-6-24(7-13-31)8-14-33(17-24)34-11-5-21(30-34)23(35)36/h1-2,5,11,15,20H,3-4,6-10,12-14,16-17H2,(H,35,36). The first kappa shape index (κ1) is 24.9. The summed E-state index contributed by atoms with van der Waals surface area (Å²) in [6.45, 7) is 4.67. The van der Waals surface area contributed by atoms with E-state index in [0.29, 0.717) is 38.2 Å². The van der Waals surface area contributed by atoms with Gasteiger partial charge >= 0.3 is 12.1 Å². The van der Waals surface area contributed by atoms with Crippen LogP contribution in [0.5, 0.6) is 0 Å². The molecule has 196 valence electrons. The van der Waals surface area contributed by atoms with Crippen LogP contribution in [0.1, 0.15) is 53.7 Å². The first-order valence-electron chi connectivity index (χ1n) is 12.5. The lowest BCUT2D eigenvalue weighted by Crippen LogP contribution is -2.43. The second kappa shape index (κ2) is 9.57. The van der Waals surface area contributed by atoms with Crippen molar-refractivity contribution in [2.24, 2.45) is 5.41 Å². The lowest BCUT2D eigenvalue weighted by atomic mass is 9.78. The Labute approximate surface area is 207 Å². The van der Waals surface area contributed by atoms with Crippen LogP contribution in [0.25, 0.3) is 0 Å². The van der Waals surface area contributed by atoms with Crippen molar-refractivity contribution in [1.82, 2.24) is 14.8 Å². The average molecular weight is 510 g/mol. The summed E-state index contributed by atoms with van der Waals surface area (Å²) in [4.78, 5) is 17.0. The van der Waals surface area contributed by atoms with Gasteiger partial charge in [-0.3, -0.25) is 9.91 Å². The molecule has 1 spiro atoms. The van der Waals surface area contributed by atoms with Gasteiger partial charge in [-0.25, -0.2) is 9.18 Å². The number of aromatic carboxylic acids is 1. The second-order valence-electron chi connectivity index (χ2n) is 10.3. The zero-order valence-electron chi connectivity index (χ0n) is 20.1. The van der Waals surface area contributed by atoms with Gasteiger partial charge in [0, 0.05) is 44.6 Å². The Balaban J connectivity index is 1.24. The van der Waals surface area contributed by atoms with Crippen LogP contribution >= 0.6 is 0 Å². The molecule has 1 N–H and O–H groups in total. The van der Waals surface area contributed by atoms with Crippen molar-refractivity contribution < 1.29 is 27.5 Å². The summed E-state index contributed by atoms with van der Waals surface area (Å²) >= 11 is 0. The Kier molecular flexibility index (Phi) is 6.61. The van der Waals surface area contributed by atoms with Gasteiger partial charge in [-0.2, -0.15) is 18.0 Å². The van der Waals surface area contributed by atoms with E-state index in [-0.39, 0.29) is 11.1 Å². The van der Waals surface area contributed by atoms with E-state index in [1.807, 2.05) is 4.90 Å². The van der Waals surface area contributed by atoms with Gasteiger partial charge in [0.15, 0.2) is 5.69 Å². The minimum atomic E-state index is -4.42. The molecule has 11 heteroatoms. The van der Waals surface area contributed by atoms with E-state index in [0.717, 1.165) is 57.1 Å². The summed E-state index contributed by atoms with van der Waals surface area (Å²) < 4.78 is 54.0. The van der Waals surface area contributed by atoms with Gasteiger partial charge in [0.05, 0.1) is 5.56 Å². The number of hydrogen-bond donors (Lipinski definition) is 1. The van der Waals surface area contributed by atoms with E-state index < -0.39 is 23.9 Å². The van der Waals surface area contributed by atoms with Crippen molar-refractivity contribution in [3.05, 3.63) is 47.3 Å². The number of halogens is 4. The minimum absolute atomic E-state index is 0.0221. The highest BCUT2D eigenvalue weighted by atomic mass is 19.4. The molecule has 4 heterocycles. The molecule has 3 aliphatic rings. The summed E-state index contributed by atoms with van der Waals surface area (Å²) in [7, 11) is 0. The largest absolute Gasteiger partial charge is 0.476 e. The Hall–Kier alpha value is -2.82. The fourth-order valence-corrected chi connectivity index (χ4v) is 5.76. The molecule has 0 radical (unpaired) electrons. The van der Waals surface area contributed by atoms with Crippen molar-refractivity contribution in [1.29, 1.82) is 0 Å². The number of benzene rings is 1. The normalized spacial score (nSPS) is 21.4. The van der Waals surface area contributed by atoms with Crippen molar-refractivity contribution in [2.45, 2.75) is 51.0 Å². The third-order valence-corrected chi connectivity index (χ3v) is 7.99. The molecule has 2 aromatic rings. The van der Waals surface area contributed by atoms with Gasteiger partial charge in [-0.15, -0.1) is 5.10 Å². The molecule has 0 unspecified atom stereocenters. The Morgan fingerprint density at radius 3 is 2.39 bits per heavy atom. The maximum Gasteiger partial charge on any atom is 0.416 e. The van der Waals surface area contributed by atoms with E-state index in [1.165, 1.54) is 12.1 Å². The molecule has 1 aromatic heterocycles. The highest BCUT2D eigenvalue weighted by Gasteiger charge is 2.41. The number of carbonyl (C=O) groups is 1.